The standard InChI is InChI=1S/C12H19IN2O/c1-12(2,3)9-7-14-15(8-9)10-4-5-11(6-10)16-13/h7-8,10-11H,4-6H2,1-3H3. The molecule has 0 bridgehead atoms. The van der Waals surface area contributed by atoms with Crippen LogP contribution in [0, 0.1) is 0 Å². The normalized spacial score (nSPS) is 26.2. The van der Waals surface area contributed by atoms with Gasteiger partial charge < -0.3 is 3.07 Å². The molecule has 2 rings (SSSR count). The molecular formula is C12H19IN2O. The molecule has 0 aromatic carbocycles. The predicted molar refractivity (Wildman–Crippen MR) is 72.7 cm³/mol. The average molecular weight is 334 g/mol. The van der Waals surface area contributed by atoms with E-state index in [1.165, 1.54) is 12.0 Å². The first-order chi connectivity index (χ1) is 7.50. The van der Waals surface area contributed by atoms with Gasteiger partial charge in [-0.05, 0) is 30.2 Å². The van der Waals surface area contributed by atoms with Crippen LogP contribution in [0.3, 0.4) is 0 Å². The fourth-order valence-electron chi connectivity index (χ4n) is 2.16. The van der Waals surface area contributed by atoms with Gasteiger partial charge >= 0.3 is 0 Å². The van der Waals surface area contributed by atoms with Gasteiger partial charge in [-0.15, -0.1) is 0 Å². The van der Waals surface area contributed by atoms with Crippen molar-refractivity contribution in [2.24, 2.45) is 0 Å². The number of nitrogens with zero attached hydrogens (tertiary/aromatic N) is 2. The van der Waals surface area contributed by atoms with E-state index in [1.54, 1.807) is 0 Å². The highest BCUT2D eigenvalue weighted by Crippen LogP contribution is 2.33. The van der Waals surface area contributed by atoms with E-state index >= 15 is 0 Å². The van der Waals surface area contributed by atoms with Crippen LogP contribution in [0.15, 0.2) is 12.4 Å². The van der Waals surface area contributed by atoms with Crippen LogP contribution in [-0.4, -0.2) is 15.9 Å². The lowest BCUT2D eigenvalue weighted by molar-refractivity contribution is 0.280. The first-order valence-electron chi connectivity index (χ1n) is 5.82. The molecular weight excluding hydrogens is 315 g/mol. The Labute approximate surface area is 111 Å². The van der Waals surface area contributed by atoms with E-state index in [-0.39, 0.29) is 5.41 Å². The Bertz CT molecular complexity index is 356. The van der Waals surface area contributed by atoms with Gasteiger partial charge in [0.2, 0.25) is 0 Å². The van der Waals surface area contributed by atoms with Crippen molar-refractivity contribution in [1.82, 2.24) is 9.78 Å². The lowest BCUT2D eigenvalue weighted by Gasteiger charge is -2.16. The summed E-state index contributed by atoms with van der Waals surface area (Å²) in [5, 5.41) is 4.49. The molecule has 1 aliphatic rings. The fourth-order valence-corrected chi connectivity index (χ4v) is 2.63. The lowest BCUT2D eigenvalue weighted by atomic mass is 9.90. The van der Waals surface area contributed by atoms with E-state index in [0.29, 0.717) is 12.1 Å². The van der Waals surface area contributed by atoms with Gasteiger partial charge in [-0.3, -0.25) is 4.68 Å². The topological polar surface area (TPSA) is 27.1 Å². The predicted octanol–water partition coefficient (Wildman–Crippen LogP) is 3.64. The molecule has 2 atom stereocenters. The molecule has 0 radical (unpaired) electrons. The first kappa shape index (κ1) is 12.4. The quantitative estimate of drug-likeness (QED) is 0.772. The van der Waals surface area contributed by atoms with E-state index in [0.717, 1.165) is 12.8 Å². The molecule has 2 unspecified atom stereocenters. The van der Waals surface area contributed by atoms with Crippen molar-refractivity contribution in [3.05, 3.63) is 18.0 Å². The Hall–Kier alpha value is -0.100. The molecule has 1 aromatic heterocycles. The van der Waals surface area contributed by atoms with Crippen molar-refractivity contribution in [2.45, 2.75) is 57.6 Å². The number of rotatable bonds is 2. The van der Waals surface area contributed by atoms with Crippen LogP contribution in [0.1, 0.15) is 51.6 Å². The van der Waals surface area contributed by atoms with E-state index < -0.39 is 0 Å². The minimum Gasteiger partial charge on any atom is -0.312 e. The van der Waals surface area contributed by atoms with Gasteiger partial charge in [0.15, 0.2) is 0 Å². The molecule has 0 saturated heterocycles. The number of halogens is 1. The molecule has 1 aliphatic carbocycles. The van der Waals surface area contributed by atoms with Gasteiger partial charge in [-0.25, -0.2) is 0 Å². The molecule has 1 saturated carbocycles. The molecule has 0 N–H and O–H groups in total. The molecule has 3 nitrogen and oxygen atoms in total. The van der Waals surface area contributed by atoms with Crippen molar-refractivity contribution < 1.29 is 3.07 Å². The smallest absolute Gasteiger partial charge is 0.110 e. The molecule has 1 aromatic rings. The molecule has 0 aliphatic heterocycles. The summed E-state index contributed by atoms with van der Waals surface area (Å²) in [4.78, 5) is 0. The molecule has 1 heterocycles. The summed E-state index contributed by atoms with van der Waals surface area (Å²) in [5.41, 5.74) is 1.50. The highest BCUT2D eigenvalue weighted by molar-refractivity contribution is 14.1. The van der Waals surface area contributed by atoms with Crippen LogP contribution in [0.4, 0.5) is 0 Å². The highest BCUT2D eigenvalue weighted by Gasteiger charge is 2.27. The van der Waals surface area contributed by atoms with Crippen LogP contribution in [0.25, 0.3) is 0 Å². The van der Waals surface area contributed by atoms with Gasteiger partial charge in [0, 0.05) is 6.20 Å². The zero-order valence-corrected chi connectivity index (χ0v) is 12.3. The van der Waals surface area contributed by atoms with Crippen LogP contribution in [0.5, 0.6) is 0 Å². The van der Waals surface area contributed by atoms with Gasteiger partial charge in [0.05, 0.1) is 18.3 Å². The SMILES string of the molecule is CC(C)(C)c1cnn(C2CCC(OI)C2)c1. The Morgan fingerprint density at radius 1 is 1.44 bits per heavy atom. The van der Waals surface area contributed by atoms with Crippen molar-refractivity contribution in [1.29, 1.82) is 0 Å². The van der Waals surface area contributed by atoms with Crippen LogP contribution in [-0.2, 0) is 8.48 Å². The summed E-state index contributed by atoms with van der Waals surface area (Å²) in [6, 6.07) is 0.524. The van der Waals surface area contributed by atoms with Gasteiger partial charge in [-0.2, -0.15) is 5.10 Å². The van der Waals surface area contributed by atoms with Crippen LogP contribution < -0.4 is 0 Å². The summed E-state index contributed by atoms with van der Waals surface area (Å²) in [6.07, 6.45) is 8.03. The fraction of sp³-hybridized carbons (Fsp3) is 0.750. The second kappa shape index (κ2) is 4.64. The molecule has 0 amide bonds. The third kappa shape index (κ3) is 2.59. The Kier molecular flexibility index (Phi) is 3.59. The molecule has 16 heavy (non-hydrogen) atoms. The zero-order chi connectivity index (χ0) is 11.8. The number of aromatic nitrogens is 2. The zero-order valence-electron chi connectivity index (χ0n) is 10.1. The average Bonchev–Trinajstić information content (AvgIpc) is 2.85. The van der Waals surface area contributed by atoms with E-state index in [9.17, 15) is 0 Å². The Morgan fingerprint density at radius 2 is 2.19 bits per heavy atom. The third-order valence-corrected chi connectivity index (χ3v) is 4.04. The number of hydrogen-bond acceptors (Lipinski definition) is 2. The maximum Gasteiger partial charge on any atom is 0.110 e. The van der Waals surface area contributed by atoms with Gasteiger partial charge in [-0.1, -0.05) is 20.8 Å². The van der Waals surface area contributed by atoms with E-state index in [1.807, 2.05) is 29.2 Å². The Balaban J connectivity index is 2.08. The largest absolute Gasteiger partial charge is 0.312 e. The van der Waals surface area contributed by atoms with Crippen molar-refractivity contribution >= 4 is 23.0 Å². The van der Waals surface area contributed by atoms with E-state index in [2.05, 4.69) is 36.7 Å². The summed E-state index contributed by atoms with van der Waals surface area (Å²) >= 11 is 2.01. The van der Waals surface area contributed by atoms with Crippen LogP contribution in [0.2, 0.25) is 0 Å². The lowest BCUT2D eigenvalue weighted by Crippen LogP contribution is -2.11. The summed E-state index contributed by atoms with van der Waals surface area (Å²) < 4.78 is 7.49. The minimum absolute atomic E-state index is 0.190. The van der Waals surface area contributed by atoms with Crippen molar-refractivity contribution in [3.8, 4) is 0 Å². The second-order valence-corrected chi connectivity index (χ2v) is 6.15. The van der Waals surface area contributed by atoms with Gasteiger partial charge in [0.1, 0.15) is 23.0 Å². The van der Waals surface area contributed by atoms with Crippen molar-refractivity contribution in [2.75, 3.05) is 0 Å². The highest BCUT2D eigenvalue weighted by atomic mass is 127. The third-order valence-electron chi connectivity index (χ3n) is 3.32. The maximum absolute atomic E-state index is 5.37. The van der Waals surface area contributed by atoms with Crippen molar-refractivity contribution in [3.63, 3.8) is 0 Å². The Morgan fingerprint density at radius 3 is 2.69 bits per heavy atom. The molecule has 90 valence electrons. The van der Waals surface area contributed by atoms with Crippen LogP contribution >= 0.6 is 23.0 Å². The summed E-state index contributed by atoms with van der Waals surface area (Å²) in [5.74, 6) is 0. The van der Waals surface area contributed by atoms with E-state index in [4.69, 9.17) is 3.07 Å². The second-order valence-electron chi connectivity index (χ2n) is 5.64. The molecule has 4 heteroatoms. The van der Waals surface area contributed by atoms with Gasteiger partial charge in [0.25, 0.3) is 0 Å². The monoisotopic (exact) mass is 334 g/mol. The first-order valence-corrected chi connectivity index (χ1v) is 6.71. The molecule has 0 spiro atoms. The summed E-state index contributed by atoms with van der Waals surface area (Å²) in [6.45, 7) is 6.67. The maximum atomic E-state index is 5.37. The summed E-state index contributed by atoms with van der Waals surface area (Å²) in [7, 11) is 0. The number of hydrogen-bond donors (Lipinski definition) is 0. The minimum atomic E-state index is 0.190. The molecule has 1 fully saturated rings.